The quantitative estimate of drug-likeness (QED) is 0.767. The summed E-state index contributed by atoms with van der Waals surface area (Å²) >= 11 is 1.63. The van der Waals surface area contributed by atoms with E-state index in [0.29, 0.717) is 5.65 Å². The third-order valence-corrected chi connectivity index (χ3v) is 3.91. The van der Waals surface area contributed by atoms with Gasteiger partial charge in [0.15, 0.2) is 5.65 Å². The van der Waals surface area contributed by atoms with Gasteiger partial charge in [-0.25, -0.2) is 9.97 Å². The first-order chi connectivity index (χ1) is 9.15. The van der Waals surface area contributed by atoms with Crippen LogP contribution in [0.3, 0.4) is 0 Å². The molecule has 19 heavy (non-hydrogen) atoms. The third kappa shape index (κ3) is 2.20. The number of anilines is 1. The van der Waals surface area contributed by atoms with E-state index in [-0.39, 0.29) is 6.04 Å². The topological polar surface area (TPSA) is 70.8 Å². The van der Waals surface area contributed by atoms with Gasteiger partial charge in [0.25, 0.3) is 0 Å². The highest BCUT2D eigenvalue weighted by Crippen LogP contribution is 2.24. The minimum absolute atomic E-state index is 0.225. The van der Waals surface area contributed by atoms with Crippen LogP contribution in [0.1, 0.15) is 16.7 Å². The second-order valence-electron chi connectivity index (χ2n) is 4.55. The number of rotatable bonds is 3. The highest BCUT2D eigenvalue weighted by molar-refractivity contribution is 7.10. The normalized spacial score (nSPS) is 12.8. The lowest BCUT2D eigenvalue weighted by Crippen LogP contribution is -2.11. The number of nitrogens with two attached hydrogens (primary N) is 1. The van der Waals surface area contributed by atoms with Crippen molar-refractivity contribution in [2.75, 3.05) is 19.0 Å². The molecule has 3 heterocycles. The lowest BCUT2D eigenvalue weighted by atomic mass is 10.2. The van der Waals surface area contributed by atoms with Crippen molar-refractivity contribution in [3.05, 3.63) is 40.3 Å². The zero-order chi connectivity index (χ0) is 13.4. The van der Waals surface area contributed by atoms with Crippen LogP contribution in [0, 0.1) is 0 Å². The maximum Gasteiger partial charge on any atom is 0.179 e. The molecule has 1 atom stereocenters. The molecule has 3 N–H and O–H groups in total. The highest BCUT2D eigenvalue weighted by atomic mass is 32.1. The molecule has 0 aliphatic rings. The molecule has 0 aliphatic heterocycles. The van der Waals surface area contributed by atoms with E-state index in [0.717, 1.165) is 22.0 Å². The molecule has 0 aromatic carbocycles. The van der Waals surface area contributed by atoms with E-state index in [1.807, 2.05) is 48.6 Å². The van der Waals surface area contributed by atoms with Crippen molar-refractivity contribution in [1.82, 2.24) is 15.0 Å². The third-order valence-electron chi connectivity index (χ3n) is 2.95. The summed E-state index contributed by atoms with van der Waals surface area (Å²) in [7, 11) is 3.91. The Morgan fingerprint density at radius 3 is 2.79 bits per heavy atom. The first-order valence-electron chi connectivity index (χ1n) is 5.98. The summed E-state index contributed by atoms with van der Waals surface area (Å²) in [6.45, 7) is 0. The molecule has 0 saturated carbocycles. The summed E-state index contributed by atoms with van der Waals surface area (Å²) in [6, 6.07) is 7.72. The smallest absolute Gasteiger partial charge is 0.179 e. The van der Waals surface area contributed by atoms with Crippen LogP contribution in [0.5, 0.6) is 0 Å². The Bertz CT molecular complexity index is 686. The molecule has 0 bridgehead atoms. The monoisotopic (exact) mass is 273 g/mol. The fourth-order valence-corrected chi connectivity index (χ4v) is 2.63. The van der Waals surface area contributed by atoms with Crippen LogP contribution in [-0.2, 0) is 0 Å². The average Bonchev–Trinajstić information content (AvgIpc) is 3.06. The molecule has 0 amide bonds. The van der Waals surface area contributed by atoms with E-state index >= 15 is 0 Å². The fourth-order valence-electron chi connectivity index (χ4n) is 1.90. The molecule has 6 heteroatoms. The number of pyridine rings is 1. The van der Waals surface area contributed by atoms with E-state index in [1.165, 1.54) is 0 Å². The van der Waals surface area contributed by atoms with Gasteiger partial charge in [0, 0.05) is 19.0 Å². The lowest BCUT2D eigenvalue weighted by Gasteiger charge is -2.09. The molecule has 0 fully saturated rings. The van der Waals surface area contributed by atoms with Gasteiger partial charge in [-0.2, -0.15) is 0 Å². The molecular weight excluding hydrogens is 258 g/mol. The number of fused-ring (bicyclic) bond motifs is 1. The predicted molar refractivity (Wildman–Crippen MR) is 78.6 cm³/mol. The second-order valence-corrected chi connectivity index (χ2v) is 5.53. The molecule has 1 unspecified atom stereocenters. The molecule has 0 saturated heterocycles. The van der Waals surface area contributed by atoms with Gasteiger partial charge in [0.2, 0.25) is 0 Å². The number of imidazole rings is 1. The van der Waals surface area contributed by atoms with Gasteiger partial charge < -0.3 is 15.6 Å². The minimum Gasteiger partial charge on any atom is -0.363 e. The summed E-state index contributed by atoms with van der Waals surface area (Å²) in [6.07, 6.45) is 0. The largest absolute Gasteiger partial charge is 0.363 e. The van der Waals surface area contributed by atoms with Gasteiger partial charge in [0.1, 0.15) is 11.6 Å². The average molecular weight is 273 g/mol. The van der Waals surface area contributed by atoms with Crippen LogP contribution in [-0.4, -0.2) is 29.0 Å². The van der Waals surface area contributed by atoms with Crippen LogP contribution in [0.4, 0.5) is 5.82 Å². The van der Waals surface area contributed by atoms with Crippen molar-refractivity contribution in [1.29, 1.82) is 0 Å². The number of aromatic amines is 1. The number of hydrogen-bond donors (Lipinski definition) is 2. The summed E-state index contributed by atoms with van der Waals surface area (Å²) < 4.78 is 0. The van der Waals surface area contributed by atoms with Gasteiger partial charge in [-0.3, -0.25) is 0 Å². The molecule has 3 rings (SSSR count). The summed E-state index contributed by atoms with van der Waals surface area (Å²) in [5.41, 5.74) is 7.81. The van der Waals surface area contributed by atoms with Gasteiger partial charge in [-0.15, -0.1) is 11.3 Å². The summed E-state index contributed by atoms with van der Waals surface area (Å²) in [4.78, 5) is 15.3. The van der Waals surface area contributed by atoms with Crippen molar-refractivity contribution in [3.8, 4) is 0 Å². The van der Waals surface area contributed by atoms with Crippen LogP contribution < -0.4 is 10.6 Å². The standard InChI is InChI=1S/C13H15N5S/c1-18(2)10-6-5-8-12(16-10)17-13(15-8)11(14)9-4-3-7-19-9/h3-7,11H,14H2,1-2H3,(H,15,16,17). The highest BCUT2D eigenvalue weighted by Gasteiger charge is 2.15. The maximum absolute atomic E-state index is 6.20. The maximum atomic E-state index is 6.20. The van der Waals surface area contributed by atoms with E-state index in [9.17, 15) is 0 Å². The van der Waals surface area contributed by atoms with Gasteiger partial charge in [-0.05, 0) is 23.6 Å². The Hall–Kier alpha value is -1.92. The van der Waals surface area contributed by atoms with Crippen molar-refractivity contribution in [2.45, 2.75) is 6.04 Å². The number of aromatic nitrogens is 3. The Balaban J connectivity index is 2.02. The predicted octanol–water partition coefficient (Wildman–Crippen LogP) is 2.13. The Morgan fingerprint density at radius 1 is 1.26 bits per heavy atom. The molecule has 0 spiro atoms. The number of nitrogens with zero attached hydrogens (tertiary/aromatic N) is 3. The van der Waals surface area contributed by atoms with Crippen LogP contribution >= 0.6 is 11.3 Å². The number of nitrogens with one attached hydrogen (secondary N) is 1. The van der Waals surface area contributed by atoms with Gasteiger partial charge >= 0.3 is 0 Å². The van der Waals surface area contributed by atoms with Crippen molar-refractivity contribution in [3.63, 3.8) is 0 Å². The molecule has 5 nitrogen and oxygen atoms in total. The van der Waals surface area contributed by atoms with E-state index in [1.54, 1.807) is 11.3 Å². The number of H-pyrrole nitrogens is 1. The Labute approximate surface area is 115 Å². The van der Waals surface area contributed by atoms with Gasteiger partial charge in [-0.1, -0.05) is 6.07 Å². The van der Waals surface area contributed by atoms with Crippen molar-refractivity contribution in [2.24, 2.45) is 5.73 Å². The summed E-state index contributed by atoms with van der Waals surface area (Å²) in [5, 5.41) is 2.01. The molecular formula is C13H15N5S. The minimum atomic E-state index is -0.225. The molecule has 0 aliphatic carbocycles. The molecule has 98 valence electrons. The van der Waals surface area contributed by atoms with E-state index in [2.05, 4.69) is 15.0 Å². The van der Waals surface area contributed by atoms with Crippen LogP contribution in [0.25, 0.3) is 11.2 Å². The zero-order valence-electron chi connectivity index (χ0n) is 10.8. The fraction of sp³-hybridized carbons (Fsp3) is 0.231. The van der Waals surface area contributed by atoms with Gasteiger partial charge in [0.05, 0.1) is 11.6 Å². The Kier molecular flexibility index (Phi) is 2.96. The first kappa shape index (κ1) is 12.1. The van der Waals surface area contributed by atoms with Crippen molar-refractivity contribution < 1.29 is 0 Å². The van der Waals surface area contributed by atoms with Crippen LogP contribution in [0.15, 0.2) is 29.6 Å². The van der Waals surface area contributed by atoms with E-state index in [4.69, 9.17) is 5.73 Å². The van der Waals surface area contributed by atoms with E-state index < -0.39 is 0 Å². The Morgan fingerprint density at radius 2 is 2.11 bits per heavy atom. The molecule has 3 aromatic heterocycles. The molecule has 0 radical (unpaired) electrons. The number of hydrogen-bond acceptors (Lipinski definition) is 5. The first-order valence-corrected chi connectivity index (χ1v) is 6.86. The molecule has 3 aromatic rings. The zero-order valence-corrected chi connectivity index (χ0v) is 11.6. The SMILES string of the molecule is CN(C)c1ccc2[nH]c(C(N)c3cccs3)nc2n1. The number of thiophene rings is 1. The summed E-state index contributed by atoms with van der Waals surface area (Å²) in [5.74, 6) is 1.64. The lowest BCUT2D eigenvalue weighted by molar-refractivity contribution is 0.821. The second kappa shape index (κ2) is 4.64. The van der Waals surface area contributed by atoms with Crippen LogP contribution in [0.2, 0.25) is 0 Å². The van der Waals surface area contributed by atoms with Crippen molar-refractivity contribution >= 4 is 28.3 Å².